The van der Waals surface area contributed by atoms with E-state index in [0.717, 1.165) is 0 Å². The molecule has 5 unspecified atom stereocenters. The highest BCUT2D eigenvalue weighted by Crippen LogP contribution is 2.66. The molecule has 290 valence electrons. The van der Waals surface area contributed by atoms with Crippen LogP contribution in [0.4, 0.5) is 0 Å². The van der Waals surface area contributed by atoms with E-state index < -0.39 is 91.8 Å². The van der Waals surface area contributed by atoms with Crippen molar-refractivity contribution in [1.29, 1.82) is 0 Å². The number of carbonyl (C=O) groups is 6. The van der Waals surface area contributed by atoms with E-state index in [0.29, 0.717) is 12.0 Å². The Morgan fingerprint density at radius 2 is 1.50 bits per heavy atom. The molecule has 0 saturated heterocycles. The van der Waals surface area contributed by atoms with Crippen molar-refractivity contribution in [2.45, 2.75) is 130 Å². The lowest BCUT2D eigenvalue weighted by atomic mass is 9.66. The number of amides is 1. The molecule has 1 aromatic rings. The number of rotatable bonds is 16. The lowest BCUT2D eigenvalue weighted by molar-refractivity contribution is -0.160. The number of fused-ring (bicyclic) bond motifs is 2. The van der Waals surface area contributed by atoms with Crippen LogP contribution >= 0.6 is 0 Å². The Kier molecular flexibility index (Phi) is 13.3. The summed E-state index contributed by atoms with van der Waals surface area (Å²) in [5, 5.41) is 0.584. The Morgan fingerprint density at radius 3 is 2.00 bits per heavy atom. The maximum atomic E-state index is 14.2. The van der Waals surface area contributed by atoms with Crippen molar-refractivity contribution in [3.05, 3.63) is 35.9 Å². The molecule has 1 amide bonds. The lowest BCUT2D eigenvalue weighted by Crippen LogP contribution is -2.59. The van der Waals surface area contributed by atoms with Crippen molar-refractivity contribution < 1.29 is 51.4 Å². The van der Waals surface area contributed by atoms with Crippen LogP contribution in [0.1, 0.15) is 107 Å². The highest BCUT2D eigenvalue weighted by atomic mass is 32.2. The maximum absolute atomic E-state index is 14.2. The highest BCUT2D eigenvalue weighted by Gasteiger charge is 2.72. The Balaban J connectivity index is 1.90. The summed E-state index contributed by atoms with van der Waals surface area (Å²) in [6, 6.07) is 7.21. The fourth-order valence-electron chi connectivity index (χ4n) is 7.33. The van der Waals surface area contributed by atoms with Gasteiger partial charge in [-0.05, 0) is 77.2 Å². The van der Waals surface area contributed by atoms with E-state index in [9.17, 15) is 37.2 Å². The molecule has 0 heterocycles. The first kappa shape index (κ1) is 42.8. The van der Waals surface area contributed by atoms with E-state index >= 15 is 0 Å². The molecule has 52 heavy (non-hydrogen) atoms. The molecule has 5 atom stereocenters. The number of ketones is 2. The van der Waals surface area contributed by atoms with Crippen molar-refractivity contribution in [3.8, 4) is 0 Å². The first-order valence-electron chi connectivity index (χ1n) is 17.8. The van der Waals surface area contributed by atoms with Gasteiger partial charge in [0.25, 0.3) is 0 Å². The normalized spacial score (nSPS) is 21.6. The third-order valence-electron chi connectivity index (χ3n) is 10.1. The van der Waals surface area contributed by atoms with E-state index in [1.54, 1.807) is 99.6 Å². The van der Waals surface area contributed by atoms with Crippen LogP contribution in [0.3, 0.4) is 0 Å². The number of hydrogen-bond acceptors (Lipinski definition) is 11. The van der Waals surface area contributed by atoms with Gasteiger partial charge in [-0.25, -0.2) is 13.1 Å². The number of benzene rings is 1. The van der Waals surface area contributed by atoms with Crippen molar-refractivity contribution in [3.63, 3.8) is 0 Å². The van der Waals surface area contributed by atoms with E-state index in [1.165, 1.54) is 0 Å². The summed E-state index contributed by atoms with van der Waals surface area (Å²) >= 11 is 0. The predicted molar refractivity (Wildman–Crippen MR) is 192 cm³/mol. The standard InChI is InChI=1S/C38H56N2O11S/c1-23(2)26(19-31(44)50-35(3,4)5)33(45)40-27(20-30(43)49-22-24-14-12-11-13-15-24)28(41)21-39-52(47,48)32(34(46)51-36(6,7)8)38-17-16-25(18-29(38)42)37(38,9)10/h11-15,23,25-27,32,39H,16-22H2,1-10H3,(H,40,45). The summed E-state index contributed by atoms with van der Waals surface area (Å²) in [5.74, 6) is -6.03. The fraction of sp³-hybridized carbons (Fsp3) is 0.684. The van der Waals surface area contributed by atoms with Crippen molar-refractivity contribution in [2.75, 3.05) is 6.54 Å². The Labute approximate surface area is 307 Å². The number of ether oxygens (including phenoxy) is 3. The maximum Gasteiger partial charge on any atom is 0.327 e. The Hall–Kier alpha value is -3.65. The number of sulfonamides is 1. The molecule has 2 aliphatic carbocycles. The van der Waals surface area contributed by atoms with Crippen LogP contribution in [0.15, 0.2) is 30.3 Å². The van der Waals surface area contributed by atoms with E-state index in [2.05, 4.69) is 10.0 Å². The van der Waals surface area contributed by atoms with Crippen LogP contribution < -0.4 is 10.0 Å². The average Bonchev–Trinajstić information content (AvgIpc) is 3.35. The second-order valence-electron chi connectivity index (χ2n) is 16.9. The van der Waals surface area contributed by atoms with Gasteiger partial charge < -0.3 is 19.5 Å². The minimum Gasteiger partial charge on any atom is -0.461 e. The highest BCUT2D eigenvalue weighted by molar-refractivity contribution is 7.91. The zero-order valence-electron chi connectivity index (χ0n) is 32.1. The number of carbonyl (C=O) groups excluding carboxylic acids is 6. The molecule has 2 fully saturated rings. The molecule has 0 aromatic heterocycles. The van der Waals surface area contributed by atoms with Gasteiger partial charge in [0.2, 0.25) is 15.9 Å². The number of hydrogen-bond donors (Lipinski definition) is 2. The fourth-order valence-corrected chi connectivity index (χ4v) is 9.23. The number of Topliss-reactive ketones (excluding diaryl/α,β-unsaturated/α-hetero) is 2. The van der Waals surface area contributed by atoms with E-state index in [-0.39, 0.29) is 43.5 Å². The van der Waals surface area contributed by atoms with Crippen LogP contribution in [-0.4, -0.2) is 72.8 Å². The molecule has 2 saturated carbocycles. The summed E-state index contributed by atoms with van der Waals surface area (Å²) in [4.78, 5) is 80.4. The largest absolute Gasteiger partial charge is 0.461 e. The molecule has 3 rings (SSSR count). The molecule has 2 bridgehead atoms. The van der Waals surface area contributed by atoms with Gasteiger partial charge >= 0.3 is 17.9 Å². The molecule has 0 aliphatic heterocycles. The zero-order valence-corrected chi connectivity index (χ0v) is 32.9. The minimum atomic E-state index is -4.78. The minimum absolute atomic E-state index is 0.112. The second kappa shape index (κ2) is 16.2. The summed E-state index contributed by atoms with van der Waals surface area (Å²) < 4.78 is 46.9. The molecule has 0 spiro atoms. The van der Waals surface area contributed by atoms with Gasteiger partial charge in [-0.3, -0.25) is 28.8 Å². The number of nitrogens with one attached hydrogen (secondary N) is 2. The molecule has 2 N–H and O–H groups in total. The Morgan fingerprint density at radius 1 is 0.904 bits per heavy atom. The molecule has 0 radical (unpaired) electrons. The molecule has 14 heteroatoms. The van der Waals surface area contributed by atoms with Gasteiger partial charge in [-0.2, -0.15) is 0 Å². The smallest absolute Gasteiger partial charge is 0.327 e. The quantitative estimate of drug-likeness (QED) is 0.182. The van der Waals surface area contributed by atoms with Gasteiger partial charge in [0.05, 0.1) is 36.8 Å². The monoisotopic (exact) mass is 748 g/mol. The summed E-state index contributed by atoms with van der Waals surface area (Å²) in [6.07, 6.45) is -0.130. The van der Waals surface area contributed by atoms with Gasteiger partial charge in [-0.1, -0.05) is 58.0 Å². The Bertz CT molecular complexity index is 1620. The van der Waals surface area contributed by atoms with Gasteiger partial charge in [-0.15, -0.1) is 0 Å². The van der Waals surface area contributed by atoms with Crippen molar-refractivity contribution in [1.82, 2.24) is 10.0 Å². The van der Waals surface area contributed by atoms with Crippen molar-refractivity contribution >= 4 is 45.4 Å². The van der Waals surface area contributed by atoms with Crippen molar-refractivity contribution in [2.24, 2.45) is 28.6 Å². The molecule has 13 nitrogen and oxygen atoms in total. The average molecular weight is 749 g/mol. The van der Waals surface area contributed by atoms with Crippen LogP contribution in [-0.2, 0) is 59.6 Å². The van der Waals surface area contributed by atoms with Gasteiger partial charge in [0.1, 0.15) is 23.6 Å². The lowest BCUT2D eigenvalue weighted by Gasteiger charge is -2.41. The third kappa shape index (κ3) is 10.3. The van der Waals surface area contributed by atoms with E-state index in [4.69, 9.17) is 14.2 Å². The van der Waals surface area contributed by atoms with Crippen LogP contribution in [0.25, 0.3) is 0 Å². The topological polar surface area (TPSA) is 188 Å². The predicted octanol–water partition coefficient (Wildman–Crippen LogP) is 4.20. The zero-order chi connectivity index (χ0) is 39.4. The summed E-state index contributed by atoms with van der Waals surface area (Å²) in [6.45, 7) is 15.8. The van der Waals surface area contributed by atoms with Crippen LogP contribution in [0.5, 0.6) is 0 Å². The molecule has 2 aliphatic rings. The van der Waals surface area contributed by atoms with E-state index in [1.807, 2.05) is 0 Å². The molecular formula is C38H56N2O11S. The van der Waals surface area contributed by atoms with Gasteiger partial charge in [0, 0.05) is 6.42 Å². The van der Waals surface area contributed by atoms with Gasteiger partial charge in [0.15, 0.2) is 11.0 Å². The SMILES string of the molecule is CC(C)C(CC(=O)OC(C)(C)C)C(=O)NC(CC(=O)OCc1ccccc1)C(=O)CNS(=O)(=O)C(C(=O)OC(C)(C)C)C12CCC(CC1=O)C2(C)C. The third-order valence-corrected chi connectivity index (χ3v) is 11.8. The first-order valence-corrected chi connectivity index (χ1v) is 19.3. The van der Waals surface area contributed by atoms with Crippen LogP contribution in [0.2, 0.25) is 0 Å². The van der Waals surface area contributed by atoms with Crippen LogP contribution in [0, 0.1) is 28.6 Å². The first-order chi connectivity index (χ1) is 23.8. The summed E-state index contributed by atoms with van der Waals surface area (Å²) in [7, 11) is -4.78. The molecular weight excluding hydrogens is 692 g/mol. The molecule has 1 aromatic carbocycles. The second-order valence-corrected chi connectivity index (χ2v) is 18.7. The summed E-state index contributed by atoms with van der Waals surface area (Å²) in [5.41, 5.74) is -3.65. The number of esters is 3.